The van der Waals surface area contributed by atoms with Gasteiger partial charge in [0.25, 0.3) is 0 Å². The average molecular weight is 352 g/mol. The fourth-order valence-electron chi connectivity index (χ4n) is 1.82. The Balaban J connectivity index is 1.96. The predicted molar refractivity (Wildman–Crippen MR) is 90.0 cm³/mol. The number of hydrogen-bond acceptors (Lipinski definition) is 4. The molecule has 22 heavy (non-hydrogen) atoms. The Morgan fingerprint density at radius 3 is 2.50 bits per heavy atom. The number of aromatic nitrogens is 3. The van der Waals surface area contributed by atoms with Crippen molar-refractivity contribution in [1.29, 1.82) is 0 Å². The highest BCUT2D eigenvalue weighted by Crippen LogP contribution is 2.29. The molecular weight excluding hydrogens is 343 g/mol. The van der Waals surface area contributed by atoms with E-state index >= 15 is 0 Å². The lowest BCUT2D eigenvalue weighted by Gasteiger charge is -2.09. The minimum absolute atomic E-state index is 0.309. The second kappa shape index (κ2) is 6.48. The third-order valence-corrected chi connectivity index (χ3v) is 3.52. The van der Waals surface area contributed by atoms with Crippen LogP contribution in [-0.4, -0.2) is 15.0 Å². The van der Waals surface area contributed by atoms with Crippen molar-refractivity contribution in [2.45, 2.75) is 0 Å². The van der Waals surface area contributed by atoms with Crippen LogP contribution in [0.15, 0.2) is 48.7 Å². The SMILES string of the molecule is Clc1ccc(Nc2cc(Cl)nc(-c3ccccn3)n2)c(Cl)c1. The van der Waals surface area contributed by atoms with Crippen molar-refractivity contribution in [2.24, 2.45) is 0 Å². The van der Waals surface area contributed by atoms with Gasteiger partial charge in [-0.15, -0.1) is 0 Å². The zero-order valence-electron chi connectivity index (χ0n) is 11.1. The van der Waals surface area contributed by atoms with Gasteiger partial charge in [-0.2, -0.15) is 0 Å². The molecule has 7 heteroatoms. The molecule has 2 heterocycles. The molecule has 0 aliphatic rings. The Hall–Kier alpha value is -1.88. The molecule has 110 valence electrons. The molecule has 0 atom stereocenters. The van der Waals surface area contributed by atoms with Gasteiger partial charge in [-0.05, 0) is 30.3 Å². The molecular formula is C15H9Cl3N4. The van der Waals surface area contributed by atoms with Gasteiger partial charge < -0.3 is 5.32 Å². The Bertz CT molecular complexity index is 809. The fourth-order valence-corrected chi connectivity index (χ4v) is 2.46. The highest BCUT2D eigenvalue weighted by molar-refractivity contribution is 6.36. The van der Waals surface area contributed by atoms with Gasteiger partial charge in [0.2, 0.25) is 0 Å². The Morgan fingerprint density at radius 2 is 1.77 bits per heavy atom. The van der Waals surface area contributed by atoms with Crippen molar-refractivity contribution in [3.8, 4) is 11.5 Å². The topological polar surface area (TPSA) is 50.7 Å². The molecule has 0 unspecified atom stereocenters. The van der Waals surface area contributed by atoms with Gasteiger partial charge in [0.05, 0.1) is 10.7 Å². The first-order chi connectivity index (χ1) is 10.6. The normalized spacial score (nSPS) is 10.5. The summed E-state index contributed by atoms with van der Waals surface area (Å²) in [6.07, 6.45) is 1.67. The molecule has 0 fully saturated rings. The summed E-state index contributed by atoms with van der Waals surface area (Å²) in [6, 6.07) is 12.2. The second-order valence-electron chi connectivity index (χ2n) is 4.36. The van der Waals surface area contributed by atoms with Crippen LogP contribution in [0.3, 0.4) is 0 Å². The van der Waals surface area contributed by atoms with Crippen LogP contribution in [0.25, 0.3) is 11.5 Å². The van der Waals surface area contributed by atoms with Crippen LogP contribution < -0.4 is 5.32 Å². The van der Waals surface area contributed by atoms with Crippen LogP contribution in [-0.2, 0) is 0 Å². The molecule has 0 radical (unpaired) electrons. The number of pyridine rings is 1. The lowest BCUT2D eigenvalue weighted by atomic mass is 10.3. The van der Waals surface area contributed by atoms with Crippen LogP contribution in [0.5, 0.6) is 0 Å². The minimum Gasteiger partial charge on any atom is -0.339 e. The first kappa shape index (κ1) is 15.0. The monoisotopic (exact) mass is 350 g/mol. The van der Waals surface area contributed by atoms with Gasteiger partial charge in [0.1, 0.15) is 16.7 Å². The molecule has 0 saturated heterocycles. The molecule has 3 rings (SSSR count). The van der Waals surface area contributed by atoms with Crippen LogP contribution >= 0.6 is 34.8 Å². The summed E-state index contributed by atoms with van der Waals surface area (Å²) in [4.78, 5) is 12.8. The second-order valence-corrected chi connectivity index (χ2v) is 5.59. The van der Waals surface area contributed by atoms with Crippen LogP contribution in [0.4, 0.5) is 11.5 Å². The van der Waals surface area contributed by atoms with E-state index in [-0.39, 0.29) is 0 Å². The summed E-state index contributed by atoms with van der Waals surface area (Å²) in [7, 11) is 0. The summed E-state index contributed by atoms with van der Waals surface area (Å²) >= 11 is 18.1. The zero-order valence-corrected chi connectivity index (χ0v) is 13.4. The molecule has 4 nitrogen and oxygen atoms in total. The Labute approximate surface area is 142 Å². The van der Waals surface area contributed by atoms with E-state index in [2.05, 4.69) is 20.3 Å². The molecule has 2 aromatic heterocycles. The van der Waals surface area contributed by atoms with E-state index in [0.29, 0.717) is 38.2 Å². The maximum absolute atomic E-state index is 6.14. The molecule has 3 aromatic rings. The molecule has 0 spiro atoms. The fraction of sp³-hybridized carbons (Fsp3) is 0. The van der Waals surface area contributed by atoms with E-state index in [1.54, 1.807) is 30.5 Å². The molecule has 0 amide bonds. The Kier molecular flexibility index (Phi) is 4.43. The Morgan fingerprint density at radius 1 is 0.909 bits per heavy atom. The van der Waals surface area contributed by atoms with Gasteiger partial charge >= 0.3 is 0 Å². The van der Waals surface area contributed by atoms with E-state index < -0.39 is 0 Å². The van der Waals surface area contributed by atoms with E-state index in [0.717, 1.165) is 0 Å². The minimum atomic E-state index is 0.309. The smallest absolute Gasteiger partial charge is 0.181 e. The van der Waals surface area contributed by atoms with Crippen molar-refractivity contribution < 1.29 is 0 Å². The van der Waals surface area contributed by atoms with Gasteiger partial charge in [0, 0.05) is 17.3 Å². The van der Waals surface area contributed by atoms with Crippen LogP contribution in [0.1, 0.15) is 0 Å². The van der Waals surface area contributed by atoms with Gasteiger partial charge in [-0.3, -0.25) is 4.98 Å². The van der Waals surface area contributed by atoms with Crippen molar-refractivity contribution in [1.82, 2.24) is 15.0 Å². The molecule has 0 bridgehead atoms. The summed E-state index contributed by atoms with van der Waals surface area (Å²) in [6.45, 7) is 0. The lowest BCUT2D eigenvalue weighted by molar-refractivity contribution is 1.14. The molecule has 1 N–H and O–H groups in total. The standard InChI is InChI=1S/C15H9Cl3N4/c16-9-4-5-11(10(17)7-9)20-14-8-13(18)21-15(22-14)12-3-1-2-6-19-12/h1-8H,(H,20,21,22). The highest BCUT2D eigenvalue weighted by Gasteiger charge is 2.08. The highest BCUT2D eigenvalue weighted by atomic mass is 35.5. The van der Waals surface area contributed by atoms with E-state index in [1.165, 1.54) is 0 Å². The number of benzene rings is 1. The van der Waals surface area contributed by atoms with E-state index in [4.69, 9.17) is 34.8 Å². The molecule has 0 aliphatic carbocycles. The van der Waals surface area contributed by atoms with Gasteiger partial charge in [-0.1, -0.05) is 40.9 Å². The third-order valence-electron chi connectivity index (χ3n) is 2.78. The van der Waals surface area contributed by atoms with Crippen molar-refractivity contribution in [3.63, 3.8) is 0 Å². The van der Waals surface area contributed by atoms with Crippen molar-refractivity contribution in [3.05, 3.63) is 63.9 Å². The zero-order chi connectivity index (χ0) is 15.5. The largest absolute Gasteiger partial charge is 0.339 e. The first-order valence-electron chi connectivity index (χ1n) is 6.30. The van der Waals surface area contributed by atoms with Crippen molar-refractivity contribution >= 4 is 46.3 Å². The van der Waals surface area contributed by atoms with Crippen LogP contribution in [0, 0.1) is 0 Å². The maximum atomic E-state index is 6.14. The number of hydrogen-bond donors (Lipinski definition) is 1. The van der Waals surface area contributed by atoms with Gasteiger partial charge in [-0.25, -0.2) is 9.97 Å². The van der Waals surface area contributed by atoms with Crippen LogP contribution in [0.2, 0.25) is 15.2 Å². The summed E-state index contributed by atoms with van der Waals surface area (Å²) < 4.78 is 0. The average Bonchev–Trinajstić information content (AvgIpc) is 2.50. The predicted octanol–water partition coefficient (Wildman–Crippen LogP) is 5.24. The number of nitrogens with zero attached hydrogens (tertiary/aromatic N) is 3. The summed E-state index contributed by atoms with van der Waals surface area (Å²) in [5.41, 5.74) is 1.31. The maximum Gasteiger partial charge on any atom is 0.181 e. The lowest BCUT2D eigenvalue weighted by Crippen LogP contribution is -1.99. The van der Waals surface area contributed by atoms with Gasteiger partial charge in [0.15, 0.2) is 5.82 Å². The molecule has 0 aliphatic heterocycles. The summed E-state index contributed by atoms with van der Waals surface area (Å²) in [5.74, 6) is 0.950. The first-order valence-corrected chi connectivity index (χ1v) is 7.43. The molecule has 1 aromatic carbocycles. The number of rotatable bonds is 3. The third kappa shape index (κ3) is 3.47. The quantitative estimate of drug-likeness (QED) is 0.655. The number of anilines is 2. The van der Waals surface area contributed by atoms with E-state index in [1.807, 2.05) is 18.2 Å². The van der Waals surface area contributed by atoms with Crippen molar-refractivity contribution in [2.75, 3.05) is 5.32 Å². The summed E-state index contributed by atoms with van der Waals surface area (Å²) in [5, 5.41) is 4.45. The number of nitrogens with one attached hydrogen (secondary N) is 1. The molecule has 0 saturated carbocycles. The van der Waals surface area contributed by atoms with E-state index in [9.17, 15) is 0 Å². The number of halogens is 3.